The average molecular weight is 256 g/mol. The molecule has 4 nitrogen and oxygen atoms in total. The molecular weight excluding hydrogens is 240 g/mol. The van der Waals surface area contributed by atoms with Gasteiger partial charge in [0.15, 0.2) is 0 Å². The van der Waals surface area contributed by atoms with Gasteiger partial charge in [-0.2, -0.15) is 8.42 Å². The number of hydrogen-bond acceptors (Lipinski definition) is 4. The highest BCUT2D eigenvalue weighted by Gasteiger charge is 2.49. The van der Waals surface area contributed by atoms with E-state index in [2.05, 4.69) is 0 Å². The normalized spacial score (nSPS) is 27.1. The summed E-state index contributed by atoms with van der Waals surface area (Å²) in [6, 6.07) is 6.50. The van der Waals surface area contributed by atoms with E-state index in [4.69, 9.17) is 8.92 Å². The minimum atomic E-state index is -3.76. The van der Waals surface area contributed by atoms with Crippen molar-refractivity contribution in [3.63, 3.8) is 0 Å². The van der Waals surface area contributed by atoms with Crippen LogP contribution in [0.2, 0.25) is 0 Å². The van der Waals surface area contributed by atoms with E-state index < -0.39 is 21.3 Å². The Morgan fingerprint density at radius 2 is 1.76 bits per heavy atom. The van der Waals surface area contributed by atoms with Crippen LogP contribution in [0.25, 0.3) is 0 Å². The summed E-state index contributed by atoms with van der Waals surface area (Å²) in [6.07, 6.45) is 0. The minimum absolute atomic E-state index is 0.0849. The lowest BCUT2D eigenvalue weighted by Crippen LogP contribution is -2.51. The Bertz CT molecular complexity index is 542. The lowest BCUT2D eigenvalue weighted by Gasteiger charge is -2.43. The largest absolute Gasteiger partial charge is 0.459 e. The lowest BCUT2D eigenvalue weighted by molar-refractivity contribution is -0.175. The summed E-state index contributed by atoms with van der Waals surface area (Å²) in [5.74, 6) is -0.851. The third-order valence-electron chi connectivity index (χ3n) is 3.05. The van der Waals surface area contributed by atoms with E-state index in [1.807, 2.05) is 20.8 Å². The molecule has 1 aliphatic rings. The van der Waals surface area contributed by atoms with E-state index in [-0.39, 0.29) is 4.90 Å². The average Bonchev–Trinajstić information content (AvgIpc) is 2.14. The molecule has 0 saturated carbocycles. The maximum Gasteiger partial charge on any atom is 0.304 e. The van der Waals surface area contributed by atoms with Crippen molar-refractivity contribution in [2.45, 2.75) is 38.4 Å². The van der Waals surface area contributed by atoms with Gasteiger partial charge in [0, 0.05) is 12.3 Å². The zero-order chi connectivity index (χ0) is 12.9. The van der Waals surface area contributed by atoms with Crippen LogP contribution in [0.3, 0.4) is 0 Å². The summed E-state index contributed by atoms with van der Waals surface area (Å²) >= 11 is 0. The van der Waals surface area contributed by atoms with E-state index in [1.165, 1.54) is 6.07 Å². The Morgan fingerprint density at radius 1 is 1.18 bits per heavy atom. The number of para-hydroxylation sites is 1. The predicted molar refractivity (Wildman–Crippen MR) is 63.2 cm³/mol. The van der Waals surface area contributed by atoms with Crippen LogP contribution in [0.1, 0.15) is 27.7 Å². The van der Waals surface area contributed by atoms with Crippen LogP contribution in [-0.4, -0.2) is 14.2 Å². The van der Waals surface area contributed by atoms with Crippen molar-refractivity contribution in [2.24, 2.45) is 5.41 Å². The second-order valence-corrected chi connectivity index (χ2v) is 6.80. The lowest BCUT2D eigenvalue weighted by atomic mass is 9.86. The number of benzene rings is 1. The molecule has 0 amide bonds. The molecule has 1 atom stereocenters. The monoisotopic (exact) mass is 256 g/mol. The molecule has 0 bridgehead atoms. The van der Waals surface area contributed by atoms with Crippen LogP contribution < -0.4 is 4.74 Å². The van der Waals surface area contributed by atoms with Crippen LogP contribution in [0, 0.1) is 5.41 Å². The van der Waals surface area contributed by atoms with Gasteiger partial charge in [-0.25, -0.2) is 4.18 Å². The Hall–Kier alpha value is -1.07. The zero-order valence-corrected chi connectivity index (χ0v) is 11.2. The van der Waals surface area contributed by atoms with E-state index in [1.54, 1.807) is 25.1 Å². The first kappa shape index (κ1) is 12.4. The predicted octanol–water partition coefficient (Wildman–Crippen LogP) is 2.55. The standard InChI is InChI=1S/C12H16O4S/c1-11(2,3)12(4)15-9-7-5-6-8-10(9)17(13,14)16-12/h5-8H,1-4H3. The maximum atomic E-state index is 12.0. The van der Waals surface area contributed by atoms with Gasteiger partial charge in [-0.15, -0.1) is 0 Å². The fourth-order valence-electron chi connectivity index (χ4n) is 1.50. The molecule has 0 aliphatic carbocycles. The van der Waals surface area contributed by atoms with Gasteiger partial charge in [0.05, 0.1) is 0 Å². The van der Waals surface area contributed by atoms with Gasteiger partial charge in [0.1, 0.15) is 10.6 Å². The van der Waals surface area contributed by atoms with Crippen molar-refractivity contribution in [1.29, 1.82) is 0 Å². The highest BCUT2D eigenvalue weighted by molar-refractivity contribution is 7.87. The van der Waals surface area contributed by atoms with Crippen LogP contribution in [0.4, 0.5) is 0 Å². The van der Waals surface area contributed by atoms with Gasteiger partial charge < -0.3 is 4.74 Å². The van der Waals surface area contributed by atoms with Gasteiger partial charge >= 0.3 is 10.1 Å². The summed E-state index contributed by atoms with van der Waals surface area (Å²) in [5, 5.41) is 0. The van der Waals surface area contributed by atoms with E-state index in [0.717, 1.165) is 0 Å². The topological polar surface area (TPSA) is 52.6 Å². The quantitative estimate of drug-likeness (QED) is 0.669. The molecule has 1 unspecified atom stereocenters. The summed E-state index contributed by atoms with van der Waals surface area (Å²) in [5.41, 5.74) is -0.465. The molecule has 1 heterocycles. The molecule has 94 valence electrons. The first-order valence-electron chi connectivity index (χ1n) is 5.39. The van der Waals surface area contributed by atoms with Crippen molar-refractivity contribution in [2.75, 3.05) is 0 Å². The van der Waals surface area contributed by atoms with E-state index >= 15 is 0 Å². The molecule has 0 N–H and O–H groups in total. The molecule has 2 rings (SSSR count). The van der Waals surface area contributed by atoms with Gasteiger partial charge in [-0.05, 0) is 12.1 Å². The second kappa shape index (κ2) is 3.46. The number of ether oxygens (including phenoxy) is 1. The molecule has 0 fully saturated rings. The molecule has 1 aromatic carbocycles. The van der Waals surface area contributed by atoms with Crippen LogP contribution in [0.15, 0.2) is 29.2 Å². The molecule has 0 saturated heterocycles. The molecular formula is C12H16O4S. The van der Waals surface area contributed by atoms with E-state index in [9.17, 15) is 8.42 Å². The summed E-state index contributed by atoms with van der Waals surface area (Å²) in [6.45, 7) is 7.25. The first-order valence-corrected chi connectivity index (χ1v) is 6.80. The first-order chi connectivity index (χ1) is 7.66. The number of rotatable bonds is 0. The SMILES string of the molecule is CC(C)(C)C1(C)Oc2ccccc2S(=O)(=O)O1. The molecule has 17 heavy (non-hydrogen) atoms. The highest BCUT2D eigenvalue weighted by atomic mass is 32.2. The fraction of sp³-hybridized carbons (Fsp3) is 0.500. The van der Waals surface area contributed by atoms with Crippen LogP contribution in [0.5, 0.6) is 5.75 Å². The van der Waals surface area contributed by atoms with Crippen molar-refractivity contribution < 1.29 is 17.3 Å². The highest BCUT2D eigenvalue weighted by Crippen LogP contribution is 2.44. The fourth-order valence-corrected chi connectivity index (χ4v) is 2.89. The van der Waals surface area contributed by atoms with Crippen molar-refractivity contribution >= 4 is 10.1 Å². The third kappa shape index (κ3) is 1.93. The third-order valence-corrected chi connectivity index (χ3v) is 4.47. The minimum Gasteiger partial charge on any atom is -0.459 e. The smallest absolute Gasteiger partial charge is 0.304 e. The Balaban J connectivity index is 2.60. The summed E-state index contributed by atoms with van der Waals surface area (Å²) < 4.78 is 35.0. The number of hydrogen-bond donors (Lipinski definition) is 0. The van der Waals surface area contributed by atoms with Crippen LogP contribution >= 0.6 is 0 Å². The molecule has 1 aliphatic heterocycles. The van der Waals surface area contributed by atoms with Crippen molar-refractivity contribution in [3.05, 3.63) is 24.3 Å². The van der Waals surface area contributed by atoms with Gasteiger partial charge in [-0.1, -0.05) is 32.9 Å². The molecule has 0 aromatic heterocycles. The van der Waals surface area contributed by atoms with Crippen molar-refractivity contribution in [1.82, 2.24) is 0 Å². The molecule has 0 radical (unpaired) electrons. The summed E-state index contributed by atoms with van der Waals surface area (Å²) in [4.78, 5) is 0.0849. The Morgan fingerprint density at radius 3 is 2.35 bits per heavy atom. The van der Waals surface area contributed by atoms with Crippen LogP contribution in [-0.2, 0) is 14.3 Å². The van der Waals surface area contributed by atoms with E-state index in [0.29, 0.717) is 5.75 Å². The number of fused-ring (bicyclic) bond motifs is 1. The Labute approximate surface area is 102 Å². The van der Waals surface area contributed by atoms with Gasteiger partial charge in [-0.3, -0.25) is 0 Å². The maximum absolute atomic E-state index is 12.0. The van der Waals surface area contributed by atoms with Gasteiger partial charge in [0.25, 0.3) is 0 Å². The molecule has 0 spiro atoms. The molecule has 1 aromatic rings. The zero-order valence-electron chi connectivity index (χ0n) is 10.4. The van der Waals surface area contributed by atoms with Crippen molar-refractivity contribution in [3.8, 4) is 5.75 Å². The second-order valence-electron chi connectivity index (χ2n) is 5.28. The summed E-state index contributed by atoms with van der Waals surface area (Å²) in [7, 11) is -3.76. The Kier molecular flexibility index (Phi) is 2.52. The molecule has 5 heteroatoms. The van der Waals surface area contributed by atoms with Gasteiger partial charge in [0.2, 0.25) is 5.79 Å².